The standard InChI is InChI=1S/C23H24F3N5O3S.C18H25N5O2S/c1-34-13-10-18-30-21-22(14-6-2-3-7-16(14)29-23(21)27)31(18)12-5-4-11-28-35(32,33)17-9-8-15(24)19(25)20(17)26;1-25-12-9-15-22-16-17(23(15)11-6-5-10-20-26(2)24)13-7-3-4-8-14(13)21-18(16)19/h2-3,6-9,28H,4-5,10-13H2,1H3,(H2,27,29);3-4,7-8,20H,5-6,9-12H2,1-2H3,(H2,19,21). The van der Waals surface area contributed by atoms with E-state index in [4.69, 9.17) is 25.9 Å². The molecule has 0 fully saturated rings. The molecule has 0 aliphatic carbocycles. The summed E-state index contributed by atoms with van der Waals surface area (Å²) < 4.78 is 96.2. The first-order valence-electron chi connectivity index (χ1n) is 19.6. The third-order valence-electron chi connectivity index (χ3n) is 9.94. The summed E-state index contributed by atoms with van der Waals surface area (Å²) in [5.74, 6) is -2.54. The smallest absolute Gasteiger partial charge is 0.243 e. The Kier molecular flexibility index (Phi) is 15.2. The predicted octanol–water partition coefficient (Wildman–Crippen LogP) is 5.55. The van der Waals surface area contributed by atoms with Crippen LogP contribution in [-0.4, -0.2) is 88.5 Å². The minimum Gasteiger partial charge on any atom is -0.384 e. The van der Waals surface area contributed by atoms with Gasteiger partial charge in [0, 0.05) is 70.3 Å². The predicted molar refractivity (Wildman–Crippen MR) is 232 cm³/mol. The number of imidazole rings is 2. The molecule has 0 spiro atoms. The molecule has 1 unspecified atom stereocenters. The number of nitrogen functional groups attached to an aromatic ring is 2. The lowest BCUT2D eigenvalue weighted by Crippen LogP contribution is -2.26. The fraction of sp³-hybridized carbons (Fsp3) is 0.366. The highest BCUT2D eigenvalue weighted by Crippen LogP contribution is 2.31. The van der Waals surface area contributed by atoms with Crippen LogP contribution in [0, 0.1) is 17.5 Å². The van der Waals surface area contributed by atoms with Crippen LogP contribution < -0.4 is 20.9 Å². The first-order chi connectivity index (χ1) is 29.4. The van der Waals surface area contributed by atoms with Crippen molar-refractivity contribution >= 4 is 76.5 Å². The first kappa shape index (κ1) is 45.3. The van der Waals surface area contributed by atoms with E-state index in [-0.39, 0.29) is 6.54 Å². The van der Waals surface area contributed by atoms with E-state index in [1.807, 2.05) is 47.0 Å². The van der Waals surface area contributed by atoms with Crippen molar-refractivity contribution in [1.82, 2.24) is 38.5 Å². The number of methoxy groups -OCH3 is 2. The van der Waals surface area contributed by atoms with E-state index in [9.17, 15) is 25.8 Å². The Bertz CT molecular complexity index is 2790. The lowest BCUT2D eigenvalue weighted by Gasteiger charge is -2.12. The third kappa shape index (κ3) is 10.4. The Morgan fingerprint density at radius 3 is 1.67 bits per heavy atom. The quantitative estimate of drug-likeness (QED) is 0.0585. The third-order valence-corrected chi connectivity index (χ3v) is 12.0. The molecule has 4 heterocycles. The number of unbranched alkanes of at least 4 members (excludes halogenated alkanes) is 2. The summed E-state index contributed by atoms with van der Waals surface area (Å²) in [6, 6.07) is 16.8. The van der Waals surface area contributed by atoms with Crippen LogP contribution in [0.15, 0.2) is 65.6 Å². The molecule has 0 saturated carbocycles. The molecule has 3 aromatic carbocycles. The van der Waals surface area contributed by atoms with Crippen LogP contribution in [0.2, 0.25) is 0 Å². The van der Waals surface area contributed by atoms with Gasteiger partial charge in [0.15, 0.2) is 29.1 Å². The van der Waals surface area contributed by atoms with Gasteiger partial charge in [-0.15, -0.1) is 0 Å². The summed E-state index contributed by atoms with van der Waals surface area (Å²) in [7, 11) is -2.03. The minimum absolute atomic E-state index is 0.0226. The van der Waals surface area contributed by atoms with E-state index >= 15 is 0 Å². The molecule has 6 N–H and O–H groups in total. The van der Waals surface area contributed by atoms with Gasteiger partial charge in [-0.25, -0.2) is 55.2 Å². The highest BCUT2D eigenvalue weighted by Gasteiger charge is 2.24. The molecule has 0 radical (unpaired) electrons. The maximum Gasteiger partial charge on any atom is 0.243 e. The van der Waals surface area contributed by atoms with Crippen molar-refractivity contribution in [3.8, 4) is 0 Å². The molecule has 61 heavy (non-hydrogen) atoms. The van der Waals surface area contributed by atoms with Crippen molar-refractivity contribution < 1.29 is 35.3 Å². The van der Waals surface area contributed by atoms with Gasteiger partial charge in [-0.05, 0) is 49.9 Å². The summed E-state index contributed by atoms with van der Waals surface area (Å²) in [4.78, 5) is 17.4. The number of hydrogen-bond donors (Lipinski definition) is 4. The van der Waals surface area contributed by atoms with Crippen molar-refractivity contribution in [2.75, 3.05) is 58.2 Å². The van der Waals surface area contributed by atoms with E-state index in [0.29, 0.717) is 68.3 Å². The molecule has 0 bridgehead atoms. The second-order valence-corrected chi connectivity index (χ2v) is 17.0. The van der Waals surface area contributed by atoms with Crippen LogP contribution in [0.4, 0.5) is 24.8 Å². The van der Waals surface area contributed by atoms with Crippen LogP contribution in [0.25, 0.3) is 43.9 Å². The molecule has 326 valence electrons. The number of nitrogens with zero attached hydrogens (tertiary/aromatic N) is 6. The molecule has 7 rings (SSSR count). The fourth-order valence-corrected chi connectivity index (χ4v) is 8.64. The van der Waals surface area contributed by atoms with Crippen LogP contribution in [0.3, 0.4) is 0 Å². The van der Waals surface area contributed by atoms with E-state index in [0.717, 1.165) is 82.4 Å². The van der Waals surface area contributed by atoms with Crippen molar-refractivity contribution in [2.24, 2.45) is 0 Å². The van der Waals surface area contributed by atoms with Crippen molar-refractivity contribution in [3.05, 3.63) is 89.8 Å². The summed E-state index contributed by atoms with van der Waals surface area (Å²) in [6.45, 7) is 3.09. The monoisotopic (exact) mass is 882 g/mol. The number of benzene rings is 3. The van der Waals surface area contributed by atoms with Crippen LogP contribution in [0.5, 0.6) is 0 Å². The van der Waals surface area contributed by atoms with Crippen LogP contribution in [-0.2, 0) is 56.4 Å². The second-order valence-electron chi connectivity index (χ2n) is 14.1. The summed E-state index contributed by atoms with van der Waals surface area (Å²) in [6.07, 6.45) is 5.73. The van der Waals surface area contributed by atoms with Gasteiger partial charge < -0.3 is 30.1 Å². The SMILES string of the molecule is COCCc1nc2c(N)nc3ccccc3c2n1CCCCNS(=O)(=O)c1ccc(F)c(F)c1F.COCCc1nc2c(N)nc3ccccc3c2n1CCCCNS(C)=O. The lowest BCUT2D eigenvalue weighted by atomic mass is 10.2. The largest absolute Gasteiger partial charge is 0.384 e. The number of pyridine rings is 2. The number of hydrogen-bond acceptors (Lipinski definition) is 11. The van der Waals surface area contributed by atoms with Crippen LogP contribution in [0.1, 0.15) is 37.3 Å². The molecule has 0 aliphatic heterocycles. The van der Waals surface area contributed by atoms with Gasteiger partial charge in [0.1, 0.15) is 27.6 Å². The summed E-state index contributed by atoms with van der Waals surface area (Å²) in [5, 5.41) is 1.95. The average Bonchev–Trinajstić information content (AvgIpc) is 3.80. The van der Waals surface area contributed by atoms with E-state index in [1.54, 1.807) is 20.5 Å². The van der Waals surface area contributed by atoms with Gasteiger partial charge >= 0.3 is 0 Å². The van der Waals surface area contributed by atoms with Crippen molar-refractivity contribution in [1.29, 1.82) is 0 Å². The van der Waals surface area contributed by atoms with Crippen molar-refractivity contribution in [2.45, 2.75) is 56.5 Å². The topological polar surface area (TPSA) is 207 Å². The van der Waals surface area contributed by atoms with Gasteiger partial charge in [0.05, 0.1) is 46.3 Å². The Labute approximate surface area is 353 Å². The zero-order valence-corrected chi connectivity index (χ0v) is 35.7. The minimum atomic E-state index is -4.35. The molecule has 0 aliphatic rings. The number of aryl methyl sites for hydroxylation is 2. The molecule has 0 amide bonds. The number of rotatable bonds is 19. The molecule has 15 nitrogen and oxygen atoms in total. The van der Waals surface area contributed by atoms with E-state index in [1.165, 1.54) is 0 Å². The number of para-hydroxylation sites is 2. The lowest BCUT2D eigenvalue weighted by molar-refractivity contribution is 0.199. The number of aromatic nitrogens is 6. The Morgan fingerprint density at radius 2 is 1.18 bits per heavy atom. The number of fused-ring (bicyclic) bond motifs is 6. The summed E-state index contributed by atoms with van der Waals surface area (Å²) >= 11 is 0. The van der Waals surface area contributed by atoms with Gasteiger partial charge in [0.25, 0.3) is 0 Å². The highest BCUT2D eigenvalue weighted by atomic mass is 32.2. The zero-order valence-electron chi connectivity index (χ0n) is 34.1. The molecule has 1 atom stereocenters. The normalized spacial score (nSPS) is 12.4. The number of anilines is 2. The molecule has 20 heteroatoms. The Hall–Kier alpha value is -5.25. The Balaban J connectivity index is 0.000000213. The fourth-order valence-electron chi connectivity index (χ4n) is 7.07. The summed E-state index contributed by atoms with van der Waals surface area (Å²) in [5.41, 5.74) is 17.2. The van der Waals surface area contributed by atoms with Gasteiger partial charge in [-0.2, -0.15) is 0 Å². The Morgan fingerprint density at radius 1 is 0.689 bits per heavy atom. The number of nitrogens with two attached hydrogens (primary N) is 2. The molecule has 7 aromatic rings. The zero-order chi connectivity index (χ0) is 43.7. The van der Waals surface area contributed by atoms with Gasteiger partial charge in [-0.1, -0.05) is 36.4 Å². The molecular formula is C41H49F3N10O5S2. The number of sulfonamides is 1. The number of nitrogens with one attached hydrogen (secondary N) is 2. The molecule has 4 aromatic heterocycles. The maximum atomic E-state index is 13.9. The highest BCUT2D eigenvalue weighted by molar-refractivity contribution is 7.89. The van der Waals surface area contributed by atoms with E-state index < -0.39 is 43.4 Å². The van der Waals surface area contributed by atoms with Crippen molar-refractivity contribution in [3.63, 3.8) is 0 Å². The first-order valence-corrected chi connectivity index (χ1v) is 22.6. The number of halogens is 3. The maximum absolute atomic E-state index is 13.9. The molecular weight excluding hydrogens is 834 g/mol. The van der Waals surface area contributed by atoms with Gasteiger partial charge in [-0.3, -0.25) is 0 Å². The second kappa shape index (κ2) is 20.5. The molecule has 0 saturated heterocycles. The van der Waals surface area contributed by atoms with E-state index in [2.05, 4.69) is 35.0 Å². The van der Waals surface area contributed by atoms with Gasteiger partial charge in [0.2, 0.25) is 10.0 Å². The van der Waals surface area contributed by atoms with Crippen LogP contribution >= 0.6 is 0 Å². The number of ether oxygens (including phenoxy) is 2. The average molecular weight is 883 g/mol.